The molecule has 3 atom stereocenters. The molecule has 1 aromatic rings. The minimum Gasteiger partial charge on any atom is -0.374 e. The van der Waals surface area contributed by atoms with Crippen molar-refractivity contribution in [2.45, 2.75) is 62.6 Å². The number of piperidine rings is 2. The predicted molar refractivity (Wildman–Crippen MR) is 88.2 cm³/mol. The summed E-state index contributed by atoms with van der Waals surface area (Å²) in [5.74, 6) is 0.252. The molecule has 0 aromatic heterocycles. The fourth-order valence-electron chi connectivity index (χ4n) is 4.21. The second kappa shape index (κ2) is 5.96. The summed E-state index contributed by atoms with van der Waals surface area (Å²) >= 11 is 0. The summed E-state index contributed by atoms with van der Waals surface area (Å²) in [6, 6.07) is 9.56. The summed E-state index contributed by atoms with van der Waals surface area (Å²) in [6.07, 6.45) is 6.06. The first kappa shape index (κ1) is 14.7. The molecule has 122 valence electrons. The van der Waals surface area contributed by atoms with E-state index in [9.17, 15) is 9.59 Å². The Hall–Kier alpha value is -1.88. The van der Waals surface area contributed by atoms with Crippen LogP contribution >= 0.6 is 0 Å². The van der Waals surface area contributed by atoms with Gasteiger partial charge in [-0.1, -0.05) is 12.1 Å². The summed E-state index contributed by atoms with van der Waals surface area (Å²) in [5, 5.41) is 9.30. The van der Waals surface area contributed by atoms with Gasteiger partial charge in [0.2, 0.25) is 11.8 Å². The summed E-state index contributed by atoms with van der Waals surface area (Å²) in [6.45, 7) is 0. The third-order valence-corrected chi connectivity index (χ3v) is 5.44. The number of nitrogens with one attached hydrogen (secondary N) is 3. The van der Waals surface area contributed by atoms with Gasteiger partial charge in [-0.15, -0.1) is 0 Å². The van der Waals surface area contributed by atoms with Gasteiger partial charge in [0.05, 0.1) is 0 Å². The zero-order valence-electron chi connectivity index (χ0n) is 13.2. The van der Waals surface area contributed by atoms with Gasteiger partial charge in [-0.25, -0.2) is 0 Å². The van der Waals surface area contributed by atoms with E-state index in [2.05, 4.69) is 40.2 Å². The molecular weight excluding hydrogens is 290 g/mol. The lowest BCUT2D eigenvalue weighted by Gasteiger charge is -2.29. The van der Waals surface area contributed by atoms with E-state index in [4.69, 9.17) is 0 Å². The van der Waals surface area contributed by atoms with Crippen LogP contribution in [0.25, 0.3) is 0 Å². The van der Waals surface area contributed by atoms with E-state index in [1.54, 1.807) is 0 Å². The van der Waals surface area contributed by atoms with Crippen LogP contribution < -0.4 is 16.0 Å². The van der Waals surface area contributed by atoms with Gasteiger partial charge >= 0.3 is 0 Å². The van der Waals surface area contributed by atoms with Crippen LogP contribution in [-0.4, -0.2) is 29.9 Å². The Morgan fingerprint density at radius 1 is 0.957 bits per heavy atom. The summed E-state index contributed by atoms with van der Waals surface area (Å²) in [5.41, 5.74) is 2.34. The quantitative estimate of drug-likeness (QED) is 0.746. The zero-order chi connectivity index (χ0) is 15.8. The van der Waals surface area contributed by atoms with Crippen molar-refractivity contribution in [3.63, 3.8) is 0 Å². The number of carbonyl (C=O) groups excluding carboxylic acids is 2. The van der Waals surface area contributed by atoms with E-state index in [1.165, 1.54) is 31.2 Å². The van der Waals surface area contributed by atoms with E-state index in [1.807, 2.05) is 0 Å². The second-order valence-electron chi connectivity index (χ2n) is 7.08. The minimum atomic E-state index is -0.312. The van der Waals surface area contributed by atoms with Crippen LogP contribution in [0.15, 0.2) is 24.3 Å². The van der Waals surface area contributed by atoms with Crippen molar-refractivity contribution in [1.29, 1.82) is 0 Å². The Kier molecular flexibility index (Phi) is 3.81. The highest BCUT2D eigenvalue weighted by molar-refractivity contribution is 6.01. The average Bonchev–Trinajstić information content (AvgIpc) is 2.89. The molecule has 3 saturated heterocycles. The Balaban J connectivity index is 1.40. The van der Waals surface area contributed by atoms with Crippen LogP contribution in [0.4, 0.5) is 5.69 Å². The number of carbonyl (C=O) groups is 2. The van der Waals surface area contributed by atoms with Gasteiger partial charge in [-0.2, -0.15) is 0 Å². The molecule has 0 spiro atoms. The van der Waals surface area contributed by atoms with Crippen molar-refractivity contribution >= 4 is 17.5 Å². The number of hydrogen-bond donors (Lipinski definition) is 3. The van der Waals surface area contributed by atoms with E-state index in [0.29, 0.717) is 30.8 Å². The molecule has 23 heavy (non-hydrogen) atoms. The van der Waals surface area contributed by atoms with Gasteiger partial charge in [0.25, 0.3) is 0 Å². The largest absolute Gasteiger partial charge is 0.374 e. The number of anilines is 1. The van der Waals surface area contributed by atoms with Crippen molar-refractivity contribution in [2.24, 2.45) is 0 Å². The molecule has 3 fully saturated rings. The van der Waals surface area contributed by atoms with E-state index < -0.39 is 0 Å². The van der Waals surface area contributed by atoms with Crippen molar-refractivity contribution in [3.05, 3.63) is 29.8 Å². The number of benzene rings is 1. The molecule has 0 saturated carbocycles. The van der Waals surface area contributed by atoms with Gasteiger partial charge in [0, 0.05) is 24.2 Å². The topological polar surface area (TPSA) is 70.2 Å². The molecule has 3 aliphatic rings. The van der Waals surface area contributed by atoms with Gasteiger partial charge in [-0.3, -0.25) is 14.9 Å². The highest BCUT2D eigenvalue weighted by Gasteiger charge is 2.34. The first-order chi connectivity index (χ1) is 11.2. The molecule has 3 unspecified atom stereocenters. The average molecular weight is 313 g/mol. The lowest BCUT2D eigenvalue weighted by atomic mass is 9.86. The standard InChI is InChI=1S/C18H23N3O2/c22-17-8-7-16(18(23)21-17)20-13-3-1-11(2-4-13)12-9-14-5-6-15(10-12)19-14/h1-4,12,14-16,19-20H,5-10H2,(H,21,22,23). The maximum atomic E-state index is 11.8. The molecular formula is C18H23N3O2. The lowest BCUT2D eigenvalue weighted by molar-refractivity contribution is -0.133. The molecule has 4 rings (SSSR count). The maximum absolute atomic E-state index is 11.8. The molecule has 3 aliphatic heterocycles. The number of fused-ring (bicyclic) bond motifs is 2. The summed E-state index contributed by atoms with van der Waals surface area (Å²) < 4.78 is 0. The highest BCUT2D eigenvalue weighted by atomic mass is 16.2. The normalized spacial score (nSPS) is 33.4. The van der Waals surface area contributed by atoms with Crippen LogP contribution in [0.1, 0.15) is 50.0 Å². The minimum absolute atomic E-state index is 0.177. The molecule has 5 nitrogen and oxygen atoms in total. The van der Waals surface area contributed by atoms with Crippen molar-refractivity contribution < 1.29 is 9.59 Å². The Morgan fingerprint density at radius 3 is 2.30 bits per heavy atom. The molecule has 0 radical (unpaired) electrons. The van der Waals surface area contributed by atoms with Crippen molar-refractivity contribution in [2.75, 3.05) is 5.32 Å². The maximum Gasteiger partial charge on any atom is 0.249 e. The smallest absolute Gasteiger partial charge is 0.249 e. The lowest BCUT2D eigenvalue weighted by Crippen LogP contribution is -2.47. The van der Waals surface area contributed by atoms with Crippen LogP contribution in [0, 0.1) is 0 Å². The van der Waals surface area contributed by atoms with Gasteiger partial charge in [0.1, 0.15) is 6.04 Å². The fourth-order valence-corrected chi connectivity index (χ4v) is 4.21. The molecule has 2 amide bonds. The summed E-state index contributed by atoms with van der Waals surface area (Å²) in [4.78, 5) is 23.0. The van der Waals surface area contributed by atoms with Gasteiger partial charge in [-0.05, 0) is 55.7 Å². The van der Waals surface area contributed by atoms with Crippen LogP contribution in [0.2, 0.25) is 0 Å². The monoisotopic (exact) mass is 313 g/mol. The molecule has 3 heterocycles. The van der Waals surface area contributed by atoms with E-state index in [-0.39, 0.29) is 17.9 Å². The number of rotatable bonds is 3. The highest BCUT2D eigenvalue weighted by Crippen LogP contribution is 2.37. The fraction of sp³-hybridized carbons (Fsp3) is 0.556. The molecule has 1 aromatic carbocycles. The first-order valence-electron chi connectivity index (χ1n) is 8.63. The van der Waals surface area contributed by atoms with E-state index >= 15 is 0 Å². The first-order valence-corrected chi connectivity index (χ1v) is 8.63. The third-order valence-electron chi connectivity index (χ3n) is 5.44. The zero-order valence-corrected chi connectivity index (χ0v) is 13.2. The Bertz CT molecular complexity index is 601. The molecule has 0 aliphatic carbocycles. The van der Waals surface area contributed by atoms with Crippen LogP contribution in [0.5, 0.6) is 0 Å². The van der Waals surface area contributed by atoms with Crippen molar-refractivity contribution in [1.82, 2.24) is 10.6 Å². The Morgan fingerprint density at radius 2 is 1.65 bits per heavy atom. The van der Waals surface area contributed by atoms with Crippen LogP contribution in [-0.2, 0) is 9.59 Å². The predicted octanol–water partition coefficient (Wildman–Crippen LogP) is 1.90. The number of imide groups is 1. The summed E-state index contributed by atoms with van der Waals surface area (Å²) in [7, 11) is 0. The second-order valence-corrected chi connectivity index (χ2v) is 7.08. The number of amides is 2. The molecule has 5 heteroatoms. The molecule has 3 N–H and O–H groups in total. The van der Waals surface area contributed by atoms with Crippen molar-refractivity contribution in [3.8, 4) is 0 Å². The SMILES string of the molecule is O=C1CCC(Nc2ccc(C3CC4CCC(C3)N4)cc2)C(=O)N1. The van der Waals surface area contributed by atoms with Crippen LogP contribution in [0.3, 0.4) is 0 Å². The Labute approximate surface area is 136 Å². The third kappa shape index (κ3) is 3.11. The van der Waals surface area contributed by atoms with Gasteiger partial charge in [0.15, 0.2) is 0 Å². The number of hydrogen-bond acceptors (Lipinski definition) is 4. The van der Waals surface area contributed by atoms with E-state index in [0.717, 1.165) is 5.69 Å². The van der Waals surface area contributed by atoms with Gasteiger partial charge < -0.3 is 10.6 Å². The molecule has 2 bridgehead atoms.